The predicted octanol–water partition coefficient (Wildman–Crippen LogP) is 3.91. The number of urea groups is 1. The van der Waals surface area contributed by atoms with Gasteiger partial charge in [-0.15, -0.1) is 0 Å². The van der Waals surface area contributed by atoms with E-state index < -0.39 is 0 Å². The van der Waals surface area contributed by atoms with E-state index in [4.69, 9.17) is 16.9 Å². The van der Waals surface area contributed by atoms with Crippen molar-refractivity contribution in [1.82, 2.24) is 5.32 Å². The zero-order chi connectivity index (χ0) is 14.4. The highest BCUT2D eigenvalue weighted by atomic mass is 35.5. The molecule has 0 radical (unpaired) electrons. The van der Waals surface area contributed by atoms with Crippen molar-refractivity contribution in [1.29, 1.82) is 5.26 Å². The molecule has 1 aromatic carbocycles. The lowest BCUT2D eigenvalue weighted by atomic mass is 9.89. The lowest BCUT2D eigenvalue weighted by Gasteiger charge is -2.21. The van der Waals surface area contributed by atoms with Crippen molar-refractivity contribution in [2.24, 2.45) is 5.92 Å². The van der Waals surface area contributed by atoms with Crippen molar-refractivity contribution in [3.05, 3.63) is 28.8 Å². The van der Waals surface area contributed by atoms with Crippen LogP contribution in [-0.2, 0) is 0 Å². The second-order valence-electron chi connectivity index (χ2n) is 5.15. The Morgan fingerprint density at radius 3 is 2.75 bits per heavy atom. The maximum atomic E-state index is 11.8. The van der Waals surface area contributed by atoms with Gasteiger partial charge in [-0.1, -0.05) is 30.9 Å². The van der Waals surface area contributed by atoms with Crippen LogP contribution in [0.3, 0.4) is 0 Å². The van der Waals surface area contributed by atoms with E-state index in [0.29, 0.717) is 22.2 Å². The fourth-order valence-corrected chi connectivity index (χ4v) is 2.71. The number of carbonyl (C=O) groups is 1. The van der Waals surface area contributed by atoms with Crippen LogP contribution < -0.4 is 10.6 Å². The molecule has 1 aliphatic carbocycles. The molecular weight excluding hydrogens is 274 g/mol. The number of nitrogens with zero attached hydrogens (tertiary/aromatic N) is 1. The number of nitrogens with one attached hydrogen (secondary N) is 2. The number of hydrogen-bond donors (Lipinski definition) is 2. The minimum absolute atomic E-state index is 0.226. The Kier molecular flexibility index (Phi) is 5.25. The van der Waals surface area contributed by atoms with E-state index in [1.165, 1.54) is 32.1 Å². The van der Waals surface area contributed by atoms with Crippen molar-refractivity contribution in [3.63, 3.8) is 0 Å². The molecule has 20 heavy (non-hydrogen) atoms. The summed E-state index contributed by atoms with van der Waals surface area (Å²) in [5.74, 6) is 0.596. The van der Waals surface area contributed by atoms with Gasteiger partial charge in [-0.05, 0) is 37.0 Å². The van der Waals surface area contributed by atoms with E-state index in [9.17, 15) is 4.79 Å². The SMILES string of the molecule is N#Cc1ccc(NC(=O)NCC2CCCCC2)cc1Cl. The number of nitriles is 1. The van der Waals surface area contributed by atoms with E-state index in [1.807, 2.05) is 6.07 Å². The largest absolute Gasteiger partial charge is 0.338 e. The van der Waals surface area contributed by atoms with Gasteiger partial charge in [-0.2, -0.15) is 5.26 Å². The van der Waals surface area contributed by atoms with Gasteiger partial charge in [0.05, 0.1) is 10.6 Å². The average Bonchev–Trinajstić information content (AvgIpc) is 2.46. The molecule has 0 saturated heterocycles. The molecule has 0 heterocycles. The van der Waals surface area contributed by atoms with Crippen LogP contribution >= 0.6 is 11.6 Å². The first-order valence-corrected chi connectivity index (χ1v) is 7.31. The van der Waals surface area contributed by atoms with Gasteiger partial charge in [0.25, 0.3) is 0 Å². The molecule has 0 atom stereocenters. The van der Waals surface area contributed by atoms with Crippen molar-refractivity contribution >= 4 is 23.3 Å². The summed E-state index contributed by atoms with van der Waals surface area (Å²) in [7, 11) is 0. The van der Waals surface area contributed by atoms with E-state index >= 15 is 0 Å². The molecule has 0 bridgehead atoms. The maximum Gasteiger partial charge on any atom is 0.319 e. The molecule has 1 fully saturated rings. The Labute approximate surface area is 124 Å². The van der Waals surface area contributed by atoms with E-state index in [0.717, 1.165) is 6.54 Å². The molecule has 1 aromatic rings. The summed E-state index contributed by atoms with van der Waals surface area (Å²) in [6.07, 6.45) is 6.23. The number of halogens is 1. The fourth-order valence-electron chi connectivity index (χ4n) is 2.49. The zero-order valence-corrected chi connectivity index (χ0v) is 12.0. The van der Waals surface area contributed by atoms with E-state index in [-0.39, 0.29) is 6.03 Å². The van der Waals surface area contributed by atoms with Gasteiger partial charge < -0.3 is 10.6 Å². The third-order valence-corrected chi connectivity index (χ3v) is 3.94. The Morgan fingerprint density at radius 1 is 1.35 bits per heavy atom. The number of benzene rings is 1. The van der Waals surface area contributed by atoms with E-state index in [2.05, 4.69) is 10.6 Å². The van der Waals surface area contributed by atoms with Crippen LogP contribution in [0, 0.1) is 17.2 Å². The first kappa shape index (κ1) is 14.7. The van der Waals surface area contributed by atoms with Gasteiger partial charge in [-0.3, -0.25) is 0 Å². The minimum Gasteiger partial charge on any atom is -0.338 e. The van der Waals surface area contributed by atoms with Gasteiger partial charge in [0.2, 0.25) is 0 Å². The van der Waals surface area contributed by atoms with Gasteiger partial charge in [0.15, 0.2) is 0 Å². The normalized spacial score (nSPS) is 15.4. The van der Waals surface area contributed by atoms with Crippen molar-refractivity contribution in [3.8, 4) is 6.07 Å². The van der Waals surface area contributed by atoms with Gasteiger partial charge >= 0.3 is 6.03 Å². The summed E-state index contributed by atoms with van der Waals surface area (Å²) in [5.41, 5.74) is 0.995. The first-order valence-electron chi connectivity index (χ1n) is 6.93. The summed E-state index contributed by atoms with van der Waals surface area (Å²) in [5, 5.41) is 14.8. The van der Waals surface area contributed by atoms with Gasteiger partial charge in [-0.25, -0.2) is 4.79 Å². The highest BCUT2D eigenvalue weighted by Gasteiger charge is 2.14. The third-order valence-electron chi connectivity index (χ3n) is 3.62. The van der Waals surface area contributed by atoms with Crippen LogP contribution in [0.5, 0.6) is 0 Å². The van der Waals surface area contributed by atoms with Gasteiger partial charge in [0.1, 0.15) is 6.07 Å². The quantitative estimate of drug-likeness (QED) is 0.886. The van der Waals surface area contributed by atoms with Crippen molar-refractivity contribution in [2.75, 3.05) is 11.9 Å². The molecule has 5 heteroatoms. The van der Waals surface area contributed by atoms with Gasteiger partial charge in [0, 0.05) is 12.2 Å². The Hall–Kier alpha value is -1.73. The van der Waals surface area contributed by atoms with Crippen LogP contribution in [0.4, 0.5) is 10.5 Å². The number of hydrogen-bond acceptors (Lipinski definition) is 2. The predicted molar refractivity (Wildman–Crippen MR) is 79.8 cm³/mol. The molecule has 0 aliphatic heterocycles. The van der Waals surface area contributed by atoms with E-state index in [1.54, 1.807) is 18.2 Å². The molecule has 0 aromatic heterocycles. The molecule has 4 nitrogen and oxygen atoms in total. The second kappa shape index (κ2) is 7.16. The zero-order valence-electron chi connectivity index (χ0n) is 11.3. The summed E-state index contributed by atoms with van der Waals surface area (Å²) in [4.78, 5) is 11.8. The maximum absolute atomic E-state index is 11.8. The second-order valence-corrected chi connectivity index (χ2v) is 5.55. The fraction of sp³-hybridized carbons (Fsp3) is 0.467. The van der Waals surface area contributed by atoms with Crippen LogP contribution in [0.1, 0.15) is 37.7 Å². The third kappa shape index (κ3) is 4.14. The number of amides is 2. The standard InChI is InChI=1S/C15H18ClN3O/c16-14-8-13(7-6-12(14)9-17)19-15(20)18-10-11-4-2-1-3-5-11/h6-8,11H,1-5,10H2,(H2,18,19,20). The highest BCUT2D eigenvalue weighted by Crippen LogP contribution is 2.23. The van der Waals surface area contributed by atoms with Crippen LogP contribution in [0.25, 0.3) is 0 Å². The molecule has 0 unspecified atom stereocenters. The molecule has 1 aliphatic rings. The van der Waals surface area contributed by atoms with Crippen LogP contribution in [0.15, 0.2) is 18.2 Å². The molecule has 2 N–H and O–H groups in total. The Balaban J connectivity index is 1.82. The molecule has 2 amide bonds. The highest BCUT2D eigenvalue weighted by molar-refractivity contribution is 6.32. The Morgan fingerprint density at radius 2 is 2.10 bits per heavy atom. The average molecular weight is 292 g/mol. The lowest BCUT2D eigenvalue weighted by molar-refractivity contribution is 0.247. The summed E-state index contributed by atoms with van der Waals surface area (Å²) >= 11 is 5.92. The van der Waals surface area contributed by atoms with Crippen LogP contribution in [0.2, 0.25) is 5.02 Å². The minimum atomic E-state index is -0.226. The topological polar surface area (TPSA) is 64.9 Å². The number of rotatable bonds is 3. The monoisotopic (exact) mass is 291 g/mol. The molecule has 0 spiro atoms. The molecule has 1 saturated carbocycles. The Bertz CT molecular complexity index is 518. The number of carbonyl (C=O) groups excluding carboxylic acids is 1. The van der Waals surface area contributed by atoms with Crippen molar-refractivity contribution in [2.45, 2.75) is 32.1 Å². The summed E-state index contributed by atoms with van der Waals surface area (Å²) in [6, 6.07) is 6.61. The number of anilines is 1. The molecule has 106 valence electrons. The molecule has 2 rings (SSSR count). The lowest BCUT2D eigenvalue weighted by Crippen LogP contribution is -2.33. The first-order chi connectivity index (χ1) is 9.69. The van der Waals surface area contributed by atoms with Crippen LogP contribution in [-0.4, -0.2) is 12.6 Å². The summed E-state index contributed by atoms with van der Waals surface area (Å²) < 4.78 is 0. The van der Waals surface area contributed by atoms with Crippen molar-refractivity contribution < 1.29 is 4.79 Å². The summed E-state index contributed by atoms with van der Waals surface area (Å²) in [6.45, 7) is 0.718. The smallest absolute Gasteiger partial charge is 0.319 e. The molecular formula is C15H18ClN3O.